The number of aromatic nitrogens is 3. The Morgan fingerprint density at radius 3 is 2.88 bits per heavy atom. The fraction of sp³-hybridized carbons (Fsp3) is 0.438. The molecule has 4 rings (SSSR count). The van der Waals surface area contributed by atoms with Crippen molar-refractivity contribution in [3.63, 3.8) is 0 Å². The molecule has 3 heterocycles. The Bertz CT molecular complexity index is 791. The van der Waals surface area contributed by atoms with Crippen LogP contribution >= 0.6 is 23.1 Å². The zero-order chi connectivity index (χ0) is 16.4. The highest BCUT2D eigenvalue weighted by Gasteiger charge is 2.35. The molecule has 1 fully saturated rings. The van der Waals surface area contributed by atoms with Crippen LogP contribution in [-0.4, -0.2) is 15.3 Å². The van der Waals surface area contributed by atoms with E-state index in [1.54, 1.807) is 23.1 Å². The van der Waals surface area contributed by atoms with Crippen LogP contribution in [0, 0.1) is 0 Å². The van der Waals surface area contributed by atoms with Crippen LogP contribution in [0.3, 0.4) is 0 Å². The summed E-state index contributed by atoms with van der Waals surface area (Å²) >= 11 is 3.31. The third kappa shape index (κ3) is 3.26. The van der Waals surface area contributed by atoms with Crippen LogP contribution in [0.5, 0.6) is 0 Å². The van der Waals surface area contributed by atoms with Crippen LogP contribution in [0.1, 0.15) is 43.1 Å². The van der Waals surface area contributed by atoms with Gasteiger partial charge in [0.15, 0.2) is 11.6 Å². The van der Waals surface area contributed by atoms with Gasteiger partial charge in [0, 0.05) is 11.8 Å². The Balaban J connectivity index is 1.32. The molecule has 0 aliphatic heterocycles. The second kappa shape index (κ2) is 6.70. The molecule has 0 saturated heterocycles. The highest BCUT2D eigenvalue weighted by atomic mass is 32.2. The fourth-order valence-electron chi connectivity index (χ4n) is 2.90. The normalized spacial score (nSPS) is 16.7. The molecule has 0 bridgehead atoms. The maximum Gasteiger partial charge on any atom is 0.236 e. The number of nitrogens with two attached hydrogens (primary N) is 1. The molecule has 3 aromatic heterocycles. The predicted molar refractivity (Wildman–Crippen MR) is 93.4 cm³/mol. The summed E-state index contributed by atoms with van der Waals surface area (Å²) in [6.45, 7) is 0. The summed E-state index contributed by atoms with van der Waals surface area (Å²) in [5.74, 6) is 3.46. The van der Waals surface area contributed by atoms with Crippen molar-refractivity contribution in [3.05, 3.63) is 41.0 Å². The minimum atomic E-state index is -0.395. The molecule has 0 amide bonds. The lowest BCUT2D eigenvalue weighted by atomic mass is 9.99. The SMILES string of the molecule is NC1(c2noc(CSCc3cc(-c4cccs4)on3)n2)CCCC1. The van der Waals surface area contributed by atoms with Crippen molar-refractivity contribution in [1.82, 2.24) is 15.3 Å². The van der Waals surface area contributed by atoms with E-state index in [1.807, 2.05) is 23.6 Å². The number of hydrogen-bond donors (Lipinski definition) is 1. The highest BCUT2D eigenvalue weighted by Crippen LogP contribution is 2.35. The fourth-order valence-corrected chi connectivity index (χ4v) is 4.32. The minimum Gasteiger partial charge on any atom is -0.355 e. The molecule has 0 spiro atoms. The van der Waals surface area contributed by atoms with Crippen LogP contribution in [0.25, 0.3) is 10.6 Å². The van der Waals surface area contributed by atoms with Crippen molar-refractivity contribution in [2.75, 3.05) is 0 Å². The van der Waals surface area contributed by atoms with Gasteiger partial charge in [-0.25, -0.2) is 0 Å². The molecule has 0 atom stereocenters. The maximum absolute atomic E-state index is 6.35. The Morgan fingerprint density at radius 1 is 1.21 bits per heavy atom. The van der Waals surface area contributed by atoms with Gasteiger partial charge in [-0.2, -0.15) is 4.98 Å². The van der Waals surface area contributed by atoms with Crippen molar-refractivity contribution in [2.24, 2.45) is 5.73 Å². The average molecular weight is 362 g/mol. The summed E-state index contributed by atoms with van der Waals surface area (Å²) in [4.78, 5) is 5.56. The summed E-state index contributed by atoms with van der Waals surface area (Å²) in [5, 5.41) is 10.2. The van der Waals surface area contributed by atoms with E-state index in [2.05, 4.69) is 15.3 Å². The molecule has 0 aromatic carbocycles. The Morgan fingerprint density at radius 2 is 2.08 bits per heavy atom. The lowest BCUT2D eigenvalue weighted by Crippen LogP contribution is -2.34. The average Bonchev–Trinajstić information content (AvgIpc) is 3.35. The second-order valence-electron chi connectivity index (χ2n) is 6.03. The van der Waals surface area contributed by atoms with Gasteiger partial charge in [-0.15, -0.1) is 23.1 Å². The molecule has 1 aliphatic rings. The quantitative estimate of drug-likeness (QED) is 0.710. The van der Waals surface area contributed by atoms with Crippen molar-refractivity contribution in [1.29, 1.82) is 0 Å². The molecule has 3 aromatic rings. The zero-order valence-corrected chi connectivity index (χ0v) is 14.7. The number of thioether (sulfide) groups is 1. The first-order valence-electron chi connectivity index (χ1n) is 7.92. The van der Waals surface area contributed by atoms with Gasteiger partial charge < -0.3 is 14.8 Å². The molecule has 1 saturated carbocycles. The van der Waals surface area contributed by atoms with Gasteiger partial charge in [-0.05, 0) is 24.3 Å². The second-order valence-corrected chi connectivity index (χ2v) is 7.96. The first-order valence-corrected chi connectivity index (χ1v) is 9.95. The Labute approximate surface area is 147 Å². The van der Waals surface area contributed by atoms with Crippen LogP contribution in [-0.2, 0) is 17.0 Å². The van der Waals surface area contributed by atoms with Gasteiger partial charge in [-0.3, -0.25) is 0 Å². The summed E-state index contributed by atoms with van der Waals surface area (Å²) < 4.78 is 10.7. The van der Waals surface area contributed by atoms with E-state index in [4.69, 9.17) is 14.8 Å². The van der Waals surface area contributed by atoms with Crippen molar-refractivity contribution < 1.29 is 9.05 Å². The van der Waals surface area contributed by atoms with E-state index in [9.17, 15) is 0 Å². The van der Waals surface area contributed by atoms with Crippen LogP contribution in [0.15, 0.2) is 32.6 Å². The van der Waals surface area contributed by atoms with E-state index in [0.717, 1.165) is 47.8 Å². The highest BCUT2D eigenvalue weighted by molar-refractivity contribution is 7.97. The zero-order valence-electron chi connectivity index (χ0n) is 13.1. The van der Waals surface area contributed by atoms with Gasteiger partial charge in [0.1, 0.15) is 0 Å². The molecule has 1 aliphatic carbocycles. The lowest BCUT2D eigenvalue weighted by molar-refractivity contribution is 0.355. The van der Waals surface area contributed by atoms with E-state index in [1.165, 1.54) is 0 Å². The monoisotopic (exact) mass is 362 g/mol. The van der Waals surface area contributed by atoms with Gasteiger partial charge >= 0.3 is 0 Å². The molecule has 6 nitrogen and oxygen atoms in total. The smallest absolute Gasteiger partial charge is 0.236 e. The molecule has 8 heteroatoms. The lowest BCUT2D eigenvalue weighted by Gasteiger charge is -2.17. The van der Waals surface area contributed by atoms with Crippen molar-refractivity contribution in [2.45, 2.75) is 42.7 Å². The van der Waals surface area contributed by atoms with E-state index in [-0.39, 0.29) is 0 Å². The minimum absolute atomic E-state index is 0.395. The van der Waals surface area contributed by atoms with Crippen LogP contribution < -0.4 is 5.73 Å². The molecular formula is C16H18N4O2S2. The summed E-state index contributed by atoms with van der Waals surface area (Å²) in [6, 6.07) is 6.00. The summed E-state index contributed by atoms with van der Waals surface area (Å²) in [7, 11) is 0. The summed E-state index contributed by atoms with van der Waals surface area (Å²) in [6.07, 6.45) is 4.13. The molecule has 126 valence electrons. The third-order valence-electron chi connectivity index (χ3n) is 4.21. The summed E-state index contributed by atoms with van der Waals surface area (Å²) in [5.41, 5.74) is 6.87. The topological polar surface area (TPSA) is 91.0 Å². The third-order valence-corrected chi connectivity index (χ3v) is 6.04. The standard InChI is InChI=1S/C16H18N4O2S2/c17-16(5-1-2-6-16)15-18-14(22-20-15)10-23-9-11-8-12(21-19-11)13-4-3-7-24-13/h3-4,7-8H,1-2,5-6,9-10,17H2. The molecular weight excluding hydrogens is 344 g/mol. The van der Waals surface area contributed by atoms with Crippen molar-refractivity contribution in [3.8, 4) is 10.6 Å². The molecule has 0 unspecified atom stereocenters. The van der Waals surface area contributed by atoms with E-state index >= 15 is 0 Å². The molecule has 0 radical (unpaired) electrons. The van der Waals surface area contributed by atoms with Gasteiger partial charge in [0.05, 0.1) is 21.9 Å². The van der Waals surface area contributed by atoms with E-state index < -0.39 is 5.54 Å². The Kier molecular flexibility index (Phi) is 4.43. The first kappa shape index (κ1) is 15.9. The van der Waals surface area contributed by atoms with Crippen molar-refractivity contribution >= 4 is 23.1 Å². The van der Waals surface area contributed by atoms with Gasteiger partial charge in [0.2, 0.25) is 5.89 Å². The number of nitrogens with zero attached hydrogens (tertiary/aromatic N) is 3. The van der Waals surface area contributed by atoms with Crippen LogP contribution in [0.4, 0.5) is 0 Å². The molecule has 24 heavy (non-hydrogen) atoms. The largest absolute Gasteiger partial charge is 0.355 e. The molecule has 2 N–H and O–H groups in total. The van der Waals surface area contributed by atoms with Gasteiger partial charge in [-0.1, -0.05) is 29.2 Å². The number of thiophene rings is 1. The Hall–Kier alpha value is -1.64. The predicted octanol–water partition coefficient (Wildman–Crippen LogP) is 3.95. The van der Waals surface area contributed by atoms with Gasteiger partial charge in [0.25, 0.3) is 0 Å². The maximum atomic E-state index is 6.35. The number of rotatable bonds is 6. The number of hydrogen-bond acceptors (Lipinski definition) is 8. The first-order chi connectivity index (χ1) is 11.7. The van der Waals surface area contributed by atoms with E-state index in [0.29, 0.717) is 17.5 Å². The van der Waals surface area contributed by atoms with Crippen LogP contribution in [0.2, 0.25) is 0 Å².